The van der Waals surface area contributed by atoms with E-state index >= 15 is 0 Å². The van der Waals surface area contributed by atoms with Gasteiger partial charge in [0.2, 0.25) is 0 Å². The molecule has 0 fully saturated rings. The molecule has 0 aliphatic heterocycles. The van der Waals surface area contributed by atoms with Crippen LogP contribution in [0.2, 0.25) is 0 Å². The van der Waals surface area contributed by atoms with Gasteiger partial charge in [-0.05, 0) is 77.0 Å². The Labute approximate surface area is 416 Å². The minimum atomic E-state index is -0.800. The molecule has 6 heteroatoms. The van der Waals surface area contributed by atoms with Gasteiger partial charge in [-0.2, -0.15) is 0 Å². The van der Waals surface area contributed by atoms with Crippen molar-refractivity contribution in [2.45, 2.75) is 309 Å². The summed E-state index contributed by atoms with van der Waals surface area (Å²) < 4.78 is 16.8. The van der Waals surface area contributed by atoms with Crippen molar-refractivity contribution < 1.29 is 28.6 Å². The quantitative estimate of drug-likeness (QED) is 0.0262. The number of hydrogen-bond donors (Lipinski definition) is 0. The van der Waals surface area contributed by atoms with E-state index in [9.17, 15) is 14.4 Å². The summed E-state index contributed by atoms with van der Waals surface area (Å²) in [5, 5.41) is 0. The molecule has 6 nitrogen and oxygen atoms in total. The Bertz CT molecular complexity index is 1170. The Balaban J connectivity index is 4.43. The fraction of sp³-hybridized carbons (Fsp3) is 0.820. The highest BCUT2D eigenvalue weighted by atomic mass is 16.6. The van der Waals surface area contributed by atoms with Crippen LogP contribution in [-0.2, 0) is 28.6 Å². The molecule has 0 saturated heterocycles. The molecule has 67 heavy (non-hydrogen) atoms. The van der Waals surface area contributed by atoms with E-state index in [2.05, 4.69) is 69.4 Å². The first-order valence-corrected chi connectivity index (χ1v) is 29.1. The molecule has 1 atom stereocenters. The van der Waals surface area contributed by atoms with Gasteiger partial charge < -0.3 is 14.2 Å². The van der Waals surface area contributed by atoms with Crippen LogP contribution in [0.25, 0.3) is 0 Å². The van der Waals surface area contributed by atoms with Crippen molar-refractivity contribution in [2.75, 3.05) is 13.2 Å². The molecule has 0 radical (unpaired) electrons. The zero-order valence-corrected chi connectivity index (χ0v) is 44.7. The van der Waals surface area contributed by atoms with Gasteiger partial charge in [0.25, 0.3) is 0 Å². The maximum atomic E-state index is 12.8. The van der Waals surface area contributed by atoms with Crippen molar-refractivity contribution in [3.63, 3.8) is 0 Å². The molecular formula is C61H110O6. The van der Waals surface area contributed by atoms with Crippen LogP contribution in [0.1, 0.15) is 303 Å². The maximum Gasteiger partial charge on any atom is 0.306 e. The molecule has 0 aromatic heterocycles. The number of rotatable bonds is 53. The van der Waals surface area contributed by atoms with Gasteiger partial charge in [0.1, 0.15) is 13.2 Å². The molecule has 0 rings (SSSR count). The van der Waals surface area contributed by atoms with Gasteiger partial charge in [0, 0.05) is 19.3 Å². The largest absolute Gasteiger partial charge is 0.462 e. The topological polar surface area (TPSA) is 78.9 Å². The Kier molecular flexibility index (Phi) is 53.8. The van der Waals surface area contributed by atoms with Crippen LogP contribution in [-0.4, -0.2) is 37.2 Å². The van der Waals surface area contributed by atoms with E-state index in [0.717, 1.165) is 64.2 Å². The van der Waals surface area contributed by atoms with Crippen molar-refractivity contribution in [2.24, 2.45) is 0 Å². The maximum absolute atomic E-state index is 12.8. The number of allylic oxidation sites excluding steroid dienone is 8. The second-order valence-corrected chi connectivity index (χ2v) is 19.6. The number of unbranched alkanes of at least 4 members (excludes halogenated alkanes) is 34. The number of ether oxygens (including phenoxy) is 3. The molecule has 0 spiro atoms. The second kappa shape index (κ2) is 56.0. The monoisotopic (exact) mass is 939 g/mol. The van der Waals surface area contributed by atoms with Gasteiger partial charge in [0.15, 0.2) is 6.10 Å². The van der Waals surface area contributed by atoms with E-state index in [4.69, 9.17) is 14.2 Å². The summed E-state index contributed by atoms with van der Waals surface area (Å²) in [6, 6.07) is 0. The van der Waals surface area contributed by atoms with Gasteiger partial charge in [0.05, 0.1) is 0 Å². The lowest BCUT2D eigenvalue weighted by atomic mass is 10.0. The molecule has 0 amide bonds. The Hall–Kier alpha value is -2.63. The third-order valence-electron chi connectivity index (χ3n) is 12.8. The van der Waals surface area contributed by atoms with E-state index < -0.39 is 6.10 Å². The smallest absolute Gasteiger partial charge is 0.306 e. The fourth-order valence-corrected chi connectivity index (χ4v) is 8.40. The van der Waals surface area contributed by atoms with Gasteiger partial charge >= 0.3 is 17.9 Å². The summed E-state index contributed by atoms with van der Waals surface area (Å²) in [6.45, 7) is 6.62. The molecule has 0 aromatic rings. The lowest BCUT2D eigenvalue weighted by Crippen LogP contribution is -2.30. The summed E-state index contributed by atoms with van der Waals surface area (Å²) in [7, 11) is 0. The van der Waals surface area contributed by atoms with E-state index in [1.807, 2.05) is 0 Å². The zero-order valence-electron chi connectivity index (χ0n) is 44.7. The summed E-state index contributed by atoms with van der Waals surface area (Å²) in [4.78, 5) is 38.1. The molecule has 390 valence electrons. The second-order valence-electron chi connectivity index (χ2n) is 19.6. The summed E-state index contributed by atoms with van der Waals surface area (Å²) in [6.07, 6.45) is 68.2. The average Bonchev–Trinajstić information content (AvgIpc) is 3.33. The van der Waals surface area contributed by atoms with Crippen molar-refractivity contribution in [1.82, 2.24) is 0 Å². The minimum Gasteiger partial charge on any atom is -0.462 e. The van der Waals surface area contributed by atoms with Crippen molar-refractivity contribution in [3.05, 3.63) is 48.6 Å². The van der Waals surface area contributed by atoms with E-state index in [1.165, 1.54) is 193 Å². The molecular weight excluding hydrogens is 829 g/mol. The number of carbonyl (C=O) groups excluding carboxylic acids is 3. The van der Waals surface area contributed by atoms with Crippen molar-refractivity contribution in [3.8, 4) is 0 Å². The summed E-state index contributed by atoms with van der Waals surface area (Å²) >= 11 is 0. The number of hydrogen-bond acceptors (Lipinski definition) is 6. The highest BCUT2D eigenvalue weighted by Gasteiger charge is 2.19. The van der Waals surface area contributed by atoms with Gasteiger partial charge in [-0.3, -0.25) is 14.4 Å². The molecule has 0 aliphatic carbocycles. The highest BCUT2D eigenvalue weighted by molar-refractivity contribution is 5.71. The Morgan fingerprint density at radius 3 is 0.896 bits per heavy atom. The Morgan fingerprint density at radius 1 is 0.299 bits per heavy atom. The van der Waals surface area contributed by atoms with Crippen LogP contribution >= 0.6 is 0 Å². The van der Waals surface area contributed by atoms with Gasteiger partial charge in [-0.1, -0.05) is 256 Å². The third kappa shape index (κ3) is 54.2. The van der Waals surface area contributed by atoms with Gasteiger partial charge in [-0.25, -0.2) is 0 Å². The summed E-state index contributed by atoms with van der Waals surface area (Å²) in [5.41, 5.74) is 0. The predicted octanol–water partition coefficient (Wildman–Crippen LogP) is 19.4. The molecule has 1 unspecified atom stereocenters. The first kappa shape index (κ1) is 64.4. The van der Waals surface area contributed by atoms with E-state index in [0.29, 0.717) is 19.3 Å². The number of esters is 3. The van der Waals surface area contributed by atoms with Crippen molar-refractivity contribution in [1.29, 1.82) is 0 Å². The van der Waals surface area contributed by atoms with Gasteiger partial charge in [-0.15, -0.1) is 0 Å². The van der Waals surface area contributed by atoms with Crippen LogP contribution < -0.4 is 0 Å². The predicted molar refractivity (Wildman–Crippen MR) is 289 cm³/mol. The zero-order chi connectivity index (χ0) is 48.6. The standard InChI is InChI=1S/C61H110O6/c1-4-7-10-13-16-19-22-25-28-30-32-33-36-39-42-45-48-51-54-60(63)66-57-58(56-65-59(62)53-50-47-44-41-38-35-27-24-21-18-15-12-9-6-3)67-61(64)55-52-49-46-43-40-37-34-31-29-26-23-20-17-14-11-8-5-2/h26,29,32-34,37,43,46,58H,4-25,27-28,30-31,35-36,38-42,44-45,47-57H2,1-3H3/b29-26-,33-32-,37-34-,46-43-. The number of carbonyl (C=O) groups is 3. The first-order chi connectivity index (χ1) is 33.0. The molecule has 0 heterocycles. The normalized spacial score (nSPS) is 12.3. The molecule has 0 aliphatic rings. The van der Waals surface area contributed by atoms with Crippen LogP contribution in [0.4, 0.5) is 0 Å². The van der Waals surface area contributed by atoms with Crippen LogP contribution in [0.5, 0.6) is 0 Å². The van der Waals surface area contributed by atoms with E-state index in [-0.39, 0.29) is 37.5 Å². The molecule has 0 saturated carbocycles. The SMILES string of the molecule is CCCCCCCC/C=C\C/C=C\C/C=C\CCCC(=O)OC(COC(=O)CCCCCCC/C=C\CCCCCCCCCCC)COC(=O)CCCCCCCCCCCCCCCC. The van der Waals surface area contributed by atoms with Crippen LogP contribution in [0, 0.1) is 0 Å². The lowest BCUT2D eigenvalue weighted by Gasteiger charge is -2.18. The molecule has 0 aromatic carbocycles. The third-order valence-corrected chi connectivity index (χ3v) is 12.8. The summed E-state index contributed by atoms with van der Waals surface area (Å²) in [5.74, 6) is -0.940. The van der Waals surface area contributed by atoms with Crippen LogP contribution in [0.3, 0.4) is 0 Å². The molecule has 0 bridgehead atoms. The molecule has 0 N–H and O–H groups in total. The Morgan fingerprint density at radius 2 is 0.552 bits per heavy atom. The highest BCUT2D eigenvalue weighted by Crippen LogP contribution is 2.16. The minimum absolute atomic E-state index is 0.0927. The lowest BCUT2D eigenvalue weighted by molar-refractivity contribution is -0.167. The van der Waals surface area contributed by atoms with Crippen molar-refractivity contribution >= 4 is 17.9 Å². The van der Waals surface area contributed by atoms with E-state index in [1.54, 1.807) is 0 Å². The fourth-order valence-electron chi connectivity index (χ4n) is 8.40. The van der Waals surface area contributed by atoms with Crippen LogP contribution in [0.15, 0.2) is 48.6 Å². The average molecular weight is 940 g/mol. The first-order valence-electron chi connectivity index (χ1n) is 29.1.